The summed E-state index contributed by atoms with van der Waals surface area (Å²) in [6, 6.07) is 0. The highest BCUT2D eigenvalue weighted by atomic mass is 16.4. The zero-order chi connectivity index (χ0) is 7.15. The zero-order valence-corrected chi connectivity index (χ0v) is 4.63. The number of aliphatic carboxylic acids is 2. The van der Waals surface area contributed by atoms with E-state index in [0.29, 0.717) is 0 Å². The topological polar surface area (TPSA) is 80.3 Å². The molecule has 0 rings (SSSR count). The molecule has 0 aromatic carbocycles. The third-order valence-electron chi connectivity index (χ3n) is 0.167. The van der Waals surface area contributed by atoms with Crippen molar-refractivity contribution in [1.29, 1.82) is 0 Å². The summed E-state index contributed by atoms with van der Waals surface area (Å²) in [5.74, 6) is -4.37. The Kier molecular flexibility index (Phi) is 7.45. The maximum absolute atomic E-state index is 8.93. The summed E-state index contributed by atoms with van der Waals surface area (Å²) in [5.41, 5.74) is 0. The van der Waals surface area contributed by atoms with Crippen molar-refractivity contribution in [3.05, 3.63) is 0 Å². The Labute approximate surface area is 46.8 Å². The summed E-state index contributed by atoms with van der Waals surface area (Å²) in [6.45, 7) is 4.00. The Morgan fingerprint density at radius 1 is 1.00 bits per heavy atom. The second kappa shape index (κ2) is 5.94. The summed E-state index contributed by atoms with van der Waals surface area (Å²) in [4.78, 5) is 17.9. The van der Waals surface area contributed by atoms with Crippen LogP contribution < -0.4 is 10.2 Å². The molecular formula is C4H6O4-2. The number of carboxylic acids is 2. The first kappa shape index (κ1) is 10.0. The van der Waals surface area contributed by atoms with Gasteiger partial charge in [0, 0.05) is 0 Å². The molecule has 0 heterocycles. The quantitative estimate of drug-likeness (QED) is 0.329. The number of carbonyl (C=O) groups is 2. The van der Waals surface area contributed by atoms with Crippen LogP contribution in [0.4, 0.5) is 0 Å². The largest absolute Gasteiger partial charge is 0.543 e. The first-order chi connectivity index (χ1) is 3.64. The van der Waals surface area contributed by atoms with Crippen LogP contribution in [-0.2, 0) is 9.59 Å². The Morgan fingerprint density at radius 2 is 1.12 bits per heavy atom. The summed E-state index contributed by atoms with van der Waals surface area (Å²) >= 11 is 0. The molecule has 0 aliphatic rings. The van der Waals surface area contributed by atoms with Gasteiger partial charge < -0.3 is 19.8 Å². The van der Waals surface area contributed by atoms with Crippen LogP contribution in [0.15, 0.2) is 0 Å². The second-order valence-electron chi connectivity index (χ2n) is 0.575. The van der Waals surface area contributed by atoms with Gasteiger partial charge in [0.2, 0.25) is 0 Å². The van der Waals surface area contributed by atoms with E-state index < -0.39 is 11.9 Å². The lowest BCUT2D eigenvalue weighted by molar-refractivity contribution is -0.345. The molecule has 0 aliphatic carbocycles. The third kappa shape index (κ3) is 8.87. The average molecular weight is 118 g/mol. The Hall–Kier alpha value is -1.06. The van der Waals surface area contributed by atoms with E-state index in [1.165, 1.54) is 0 Å². The molecule has 4 heteroatoms. The van der Waals surface area contributed by atoms with Gasteiger partial charge in [-0.15, -0.1) is 0 Å². The number of rotatable bonds is 0. The molecule has 0 unspecified atom stereocenters. The monoisotopic (exact) mass is 118 g/mol. The fourth-order valence-corrected chi connectivity index (χ4v) is 0. The molecule has 8 heavy (non-hydrogen) atoms. The Balaban J connectivity index is 0. The lowest BCUT2D eigenvalue weighted by atomic mass is 10.7. The average Bonchev–Trinajstić information content (AvgIpc) is 1.72. The van der Waals surface area contributed by atoms with E-state index in [9.17, 15) is 0 Å². The van der Waals surface area contributed by atoms with E-state index in [-0.39, 0.29) is 0 Å². The maximum Gasteiger partial charge on any atom is 0.0870 e. The summed E-state index contributed by atoms with van der Waals surface area (Å²) in [7, 11) is 0. The summed E-state index contributed by atoms with van der Waals surface area (Å²) < 4.78 is 0. The lowest BCUT2D eigenvalue weighted by Crippen LogP contribution is -2.42. The molecule has 0 radical (unpaired) electrons. The Morgan fingerprint density at radius 3 is 1.12 bits per heavy atom. The number of carboxylic acid groups (broad SMARTS) is 2. The molecule has 0 bridgehead atoms. The van der Waals surface area contributed by atoms with E-state index in [0.717, 1.165) is 0 Å². The van der Waals surface area contributed by atoms with Gasteiger partial charge in [0.1, 0.15) is 0 Å². The fraction of sp³-hybridized carbons (Fsp3) is 0.500. The molecule has 0 saturated heterocycles. The van der Waals surface area contributed by atoms with Crippen LogP contribution in [0.5, 0.6) is 0 Å². The van der Waals surface area contributed by atoms with Crippen LogP contribution >= 0.6 is 0 Å². The first-order valence-corrected chi connectivity index (χ1v) is 2.07. The second-order valence-corrected chi connectivity index (χ2v) is 0.575. The maximum atomic E-state index is 8.93. The normalized spacial score (nSPS) is 6.25. The van der Waals surface area contributed by atoms with Crippen LogP contribution in [0, 0.1) is 0 Å². The van der Waals surface area contributed by atoms with Crippen molar-refractivity contribution in [3.63, 3.8) is 0 Å². The lowest BCUT2D eigenvalue weighted by Gasteiger charge is -1.97. The number of hydrogen-bond acceptors (Lipinski definition) is 4. The smallest absolute Gasteiger partial charge is 0.0870 e. The molecular weight excluding hydrogens is 112 g/mol. The van der Waals surface area contributed by atoms with Gasteiger partial charge in [-0.3, -0.25) is 0 Å². The number of hydrogen-bond donors (Lipinski definition) is 0. The molecule has 0 fully saturated rings. The molecule has 0 spiro atoms. The third-order valence-corrected chi connectivity index (χ3v) is 0.167. The Bertz CT molecular complexity index is 74.0. The highest BCUT2D eigenvalue weighted by Crippen LogP contribution is 1.41. The fourth-order valence-electron chi connectivity index (χ4n) is 0. The first-order valence-electron chi connectivity index (χ1n) is 2.07. The van der Waals surface area contributed by atoms with Gasteiger partial charge in [-0.2, -0.15) is 0 Å². The van der Waals surface area contributed by atoms with Crippen molar-refractivity contribution in [1.82, 2.24) is 0 Å². The van der Waals surface area contributed by atoms with Crippen LogP contribution in [0.2, 0.25) is 0 Å². The minimum atomic E-state index is -2.19. The van der Waals surface area contributed by atoms with Crippen LogP contribution in [-0.4, -0.2) is 11.9 Å². The van der Waals surface area contributed by atoms with Crippen molar-refractivity contribution in [2.75, 3.05) is 0 Å². The minimum Gasteiger partial charge on any atom is -0.543 e. The predicted octanol–water partition coefficient (Wildman–Crippen LogP) is -2.49. The van der Waals surface area contributed by atoms with Gasteiger partial charge in [-0.25, -0.2) is 0 Å². The van der Waals surface area contributed by atoms with Crippen molar-refractivity contribution < 1.29 is 19.8 Å². The standard InChI is InChI=1S/C2H2O4.C2H6/c3-1(4)2(5)6;1-2/h(H,3,4)(H,5,6);1-2H3/p-2. The zero-order valence-electron chi connectivity index (χ0n) is 4.63. The van der Waals surface area contributed by atoms with Crippen molar-refractivity contribution in [3.8, 4) is 0 Å². The van der Waals surface area contributed by atoms with Gasteiger partial charge in [-0.05, 0) is 0 Å². The van der Waals surface area contributed by atoms with E-state index in [1.54, 1.807) is 0 Å². The van der Waals surface area contributed by atoms with E-state index in [4.69, 9.17) is 19.8 Å². The summed E-state index contributed by atoms with van der Waals surface area (Å²) in [5, 5.41) is 17.9. The van der Waals surface area contributed by atoms with E-state index in [1.807, 2.05) is 13.8 Å². The van der Waals surface area contributed by atoms with Crippen LogP contribution in [0.25, 0.3) is 0 Å². The molecule has 4 nitrogen and oxygen atoms in total. The van der Waals surface area contributed by atoms with E-state index in [2.05, 4.69) is 0 Å². The van der Waals surface area contributed by atoms with Gasteiger partial charge in [0.25, 0.3) is 0 Å². The molecule has 0 atom stereocenters. The molecule has 0 saturated carbocycles. The number of carbonyl (C=O) groups excluding carboxylic acids is 2. The van der Waals surface area contributed by atoms with Gasteiger partial charge in [-0.1, -0.05) is 13.8 Å². The van der Waals surface area contributed by atoms with Crippen LogP contribution in [0.1, 0.15) is 13.8 Å². The minimum absolute atomic E-state index is 2.00. The van der Waals surface area contributed by atoms with Gasteiger partial charge in [0.05, 0.1) is 11.9 Å². The SMILES string of the molecule is CC.O=C([O-])C(=O)[O-]. The highest BCUT2D eigenvalue weighted by molar-refractivity contribution is 6.25. The molecule has 0 aliphatic heterocycles. The summed E-state index contributed by atoms with van der Waals surface area (Å²) in [6.07, 6.45) is 0. The molecule has 0 aromatic rings. The van der Waals surface area contributed by atoms with Gasteiger partial charge in [0.15, 0.2) is 0 Å². The van der Waals surface area contributed by atoms with Crippen molar-refractivity contribution >= 4 is 11.9 Å². The van der Waals surface area contributed by atoms with Crippen LogP contribution in [0.3, 0.4) is 0 Å². The highest BCUT2D eigenvalue weighted by Gasteiger charge is 1.74. The van der Waals surface area contributed by atoms with Crippen molar-refractivity contribution in [2.45, 2.75) is 13.8 Å². The molecule has 0 amide bonds. The molecule has 48 valence electrons. The predicted molar refractivity (Wildman–Crippen MR) is 21.4 cm³/mol. The van der Waals surface area contributed by atoms with E-state index >= 15 is 0 Å². The molecule has 0 aromatic heterocycles. The van der Waals surface area contributed by atoms with Gasteiger partial charge >= 0.3 is 0 Å². The molecule has 0 N–H and O–H groups in total. The van der Waals surface area contributed by atoms with Crippen molar-refractivity contribution in [2.24, 2.45) is 0 Å².